The van der Waals surface area contributed by atoms with Crippen LogP contribution in [0.3, 0.4) is 0 Å². The van der Waals surface area contributed by atoms with Crippen LogP contribution in [-0.4, -0.2) is 73.0 Å². The molecule has 10 nitrogen and oxygen atoms in total. The van der Waals surface area contributed by atoms with Gasteiger partial charge in [0.25, 0.3) is 0 Å². The number of aliphatic hydroxyl groups excluding tert-OH is 3. The normalized spacial score (nSPS) is 36.6. The second-order valence-electron chi connectivity index (χ2n) is 6.13. The second-order valence-corrected chi connectivity index (χ2v) is 6.13. The molecule has 0 aliphatic carbocycles. The van der Waals surface area contributed by atoms with Crippen LogP contribution in [-0.2, 0) is 15.2 Å². The predicted octanol–water partition coefficient (Wildman–Crippen LogP) is -1.79. The van der Waals surface area contributed by atoms with Crippen molar-refractivity contribution in [3.05, 3.63) is 12.7 Å². The van der Waals surface area contributed by atoms with E-state index >= 15 is 0 Å². The summed E-state index contributed by atoms with van der Waals surface area (Å²) in [5, 5.41) is 30.6. The summed E-state index contributed by atoms with van der Waals surface area (Å²) < 4.78 is 13.0. The maximum atomic E-state index is 10.8. The molecule has 0 amide bonds. The van der Waals surface area contributed by atoms with Gasteiger partial charge < -0.3 is 30.5 Å². The second kappa shape index (κ2) is 5.60. The number of fused-ring (bicyclic) bond motifs is 1. The maximum Gasteiger partial charge on any atom is 0.181 e. The Bertz CT molecular complexity index is 748. The summed E-state index contributed by atoms with van der Waals surface area (Å²) in [6.07, 6.45) is -0.0542. The lowest BCUT2D eigenvalue weighted by Gasteiger charge is -2.38. The smallest absolute Gasteiger partial charge is 0.181 e. The van der Waals surface area contributed by atoms with Gasteiger partial charge >= 0.3 is 0 Å². The Kier molecular flexibility index (Phi) is 3.66. The molecule has 0 spiro atoms. The molecule has 2 aliphatic rings. The molecule has 0 saturated carbocycles. The molecule has 1 unspecified atom stereocenters. The minimum absolute atomic E-state index is 0.211. The van der Waals surface area contributed by atoms with Crippen molar-refractivity contribution in [3.8, 4) is 0 Å². The highest BCUT2D eigenvalue weighted by atomic mass is 16.6. The highest BCUT2D eigenvalue weighted by Gasteiger charge is 2.60. The van der Waals surface area contributed by atoms with Crippen LogP contribution in [0.5, 0.6) is 0 Å². The average Bonchev–Trinajstić information content (AvgIpc) is 3.29. The van der Waals surface area contributed by atoms with E-state index in [2.05, 4.69) is 15.0 Å². The Hall–Kier alpha value is -1.85. The maximum absolute atomic E-state index is 10.8. The van der Waals surface area contributed by atoms with Gasteiger partial charge in [-0.05, 0) is 6.42 Å². The SMILES string of the molecule is Nc1ncnc2c1ncn2[C@]1(C2CCOC2)O[C@H](CO)[C@@H](O)[C@H]1O. The van der Waals surface area contributed by atoms with E-state index in [9.17, 15) is 15.3 Å². The molecule has 0 aromatic carbocycles. The van der Waals surface area contributed by atoms with E-state index in [1.165, 1.54) is 12.7 Å². The Morgan fingerprint density at radius 2 is 2.17 bits per heavy atom. The van der Waals surface area contributed by atoms with Gasteiger partial charge in [-0.15, -0.1) is 0 Å². The molecule has 2 aromatic heterocycles. The summed E-state index contributed by atoms with van der Waals surface area (Å²) in [7, 11) is 0. The molecule has 130 valence electrons. The van der Waals surface area contributed by atoms with Crippen molar-refractivity contribution < 1.29 is 24.8 Å². The monoisotopic (exact) mass is 337 g/mol. The third-order valence-electron chi connectivity index (χ3n) is 4.90. The summed E-state index contributed by atoms with van der Waals surface area (Å²) in [5.74, 6) is -0.0318. The predicted molar refractivity (Wildman–Crippen MR) is 80.6 cm³/mol. The van der Waals surface area contributed by atoms with E-state index in [4.69, 9.17) is 15.2 Å². The van der Waals surface area contributed by atoms with Gasteiger partial charge in [-0.1, -0.05) is 0 Å². The molecule has 24 heavy (non-hydrogen) atoms. The van der Waals surface area contributed by atoms with Gasteiger partial charge in [-0.25, -0.2) is 15.0 Å². The number of aliphatic hydroxyl groups is 3. The first-order chi connectivity index (χ1) is 11.6. The molecule has 4 heterocycles. The fourth-order valence-electron chi connectivity index (χ4n) is 3.68. The van der Waals surface area contributed by atoms with Crippen LogP contribution >= 0.6 is 0 Å². The summed E-state index contributed by atoms with van der Waals surface area (Å²) in [5.41, 5.74) is 5.26. The van der Waals surface area contributed by atoms with E-state index in [1.54, 1.807) is 4.57 Å². The number of anilines is 1. The Morgan fingerprint density at radius 1 is 1.33 bits per heavy atom. The van der Waals surface area contributed by atoms with Crippen LogP contribution in [0.4, 0.5) is 5.82 Å². The number of nitrogen functional groups attached to an aromatic ring is 1. The van der Waals surface area contributed by atoms with Gasteiger partial charge in [0.15, 0.2) is 17.2 Å². The lowest BCUT2D eigenvalue weighted by molar-refractivity contribution is -0.181. The van der Waals surface area contributed by atoms with Crippen molar-refractivity contribution in [2.24, 2.45) is 5.92 Å². The Labute approximate surface area is 136 Å². The van der Waals surface area contributed by atoms with Gasteiger partial charge in [0.2, 0.25) is 0 Å². The van der Waals surface area contributed by atoms with Crippen molar-refractivity contribution in [2.75, 3.05) is 25.6 Å². The molecule has 0 bridgehead atoms. The van der Waals surface area contributed by atoms with Crippen LogP contribution in [0, 0.1) is 5.92 Å². The number of hydrogen-bond donors (Lipinski definition) is 4. The molecule has 5 atom stereocenters. The molecule has 0 radical (unpaired) electrons. The summed E-state index contributed by atoms with van der Waals surface area (Å²) in [6, 6.07) is 0. The minimum Gasteiger partial charge on any atom is -0.394 e. The number of hydrogen-bond acceptors (Lipinski definition) is 9. The largest absolute Gasteiger partial charge is 0.394 e. The third-order valence-corrected chi connectivity index (χ3v) is 4.90. The van der Waals surface area contributed by atoms with Gasteiger partial charge in [0, 0.05) is 12.5 Å². The number of nitrogens with zero attached hydrogens (tertiary/aromatic N) is 4. The van der Waals surface area contributed by atoms with Crippen LogP contribution in [0.2, 0.25) is 0 Å². The number of rotatable bonds is 3. The van der Waals surface area contributed by atoms with Crippen LogP contribution in [0.15, 0.2) is 12.7 Å². The lowest BCUT2D eigenvalue weighted by Crippen LogP contribution is -2.51. The molecule has 2 fully saturated rings. The highest BCUT2D eigenvalue weighted by Crippen LogP contribution is 2.45. The van der Waals surface area contributed by atoms with Crippen molar-refractivity contribution >= 4 is 17.0 Å². The molecule has 10 heteroatoms. The number of ether oxygens (including phenoxy) is 2. The molecule has 2 saturated heterocycles. The van der Waals surface area contributed by atoms with Crippen LogP contribution in [0.1, 0.15) is 6.42 Å². The number of nitrogens with two attached hydrogens (primary N) is 1. The first-order valence-electron chi connectivity index (χ1n) is 7.76. The van der Waals surface area contributed by atoms with Crippen LogP contribution < -0.4 is 5.73 Å². The Morgan fingerprint density at radius 3 is 2.83 bits per heavy atom. The van der Waals surface area contributed by atoms with Crippen molar-refractivity contribution in [2.45, 2.75) is 30.5 Å². The van der Waals surface area contributed by atoms with E-state index in [1.807, 2.05) is 0 Å². The zero-order valence-corrected chi connectivity index (χ0v) is 12.8. The van der Waals surface area contributed by atoms with Gasteiger partial charge in [0.05, 0.1) is 19.5 Å². The van der Waals surface area contributed by atoms with Gasteiger partial charge in [0.1, 0.15) is 30.2 Å². The molecule has 2 aliphatic heterocycles. The van der Waals surface area contributed by atoms with Crippen LogP contribution in [0.25, 0.3) is 11.2 Å². The summed E-state index contributed by atoms with van der Waals surface area (Å²) in [6.45, 7) is 0.450. The minimum atomic E-state index is -1.35. The Balaban J connectivity index is 1.91. The molecule has 4 rings (SSSR count). The van der Waals surface area contributed by atoms with Crippen molar-refractivity contribution in [1.82, 2.24) is 19.5 Å². The standard InChI is InChI=1S/C14H19N5O5/c15-12-9-13(17-5-16-12)19(6-18-9)14(7-1-2-23-4-7)11(22)10(21)8(3-20)24-14/h5-8,10-11,20-22H,1-4H2,(H2,15,16,17)/t7?,8-,10-,11-,14-/m1/s1. The zero-order valence-electron chi connectivity index (χ0n) is 12.8. The third kappa shape index (κ3) is 1.98. The van der Waals surface area contributed by atoms with Gasteiger partial charge in [-0.2, -0.15) is 0 Å². The average molecular weight is 337 g/mol. The fraction of sp³-hybridized carbons (Fsp3) is 0.643. The molecular weight excluding hydrogens is 318 g/mol. The first kappa shape index (κ1) is 15.7. The van der Waals surface area contributed by atoms with Crippen molar-refractivity contribution in [3.63, 3.8) is 0 Å². The van der Waals surface area contributed by atoms with Crippen molar-refractivity contribution in [1.29, 1.82) is 0 Å². The molecule has 5 N–H and O–H groups in total. The zero-order chi connectivity index (χ0) is 16.9. The van der Waals surface area contributed by atoms with Gasteiger partial charge in [-0.3, -0.25) is 4.57 Å². The topological polar surface area (TPSA) is 149 Å². The molecule has 2 aromatic rings. The van der Waals surface area contributed by atoms with E-state index in [0.717, 1.165) is 0 Å². The number of aromatic nitrogens is 4. The summed E-state index contributed by atoms with van der Waals surface area (Å²) >= 11 is 0. The molecular formula is C14H19N5O5. The quantitative estimate of drug-likeness (QED) is 0.509. The summed E-state index contributed by atoms with van der Waals surface area (Å²) in [4.78, 5) is 12.3. The number of imidazole rings is 1. The van der Waals surface area contributed by atoms with E-state index in [0.29, 0.717) is 30.8 Å². The van der Waals surface area contributed by atoms with E-state index in [-0.39, 0.29) is 11.7 Å². The van der Waals surface area contributed by atoms with E-state index < -0.39 is 30.6 Å². The highest BCUT2D eigenvalue weighted by molar-refractivity contribution is 5.81. The first-order valence-corrected chi connectivity index (χ1v) is 7.76. The fourth-order valence-corrected chi connectivity index (χ4v) is 3.68. The lowest BCUT2D eigenvalue weighted by atomic mass is 9.88.